The minimum absolute atomic E-state index is 0.0170. The van der Waals surface area contributed by atoms with E-state index in [-0.39, 0.29) is 12.1 Å². The molecule has 2 atom stereocenters. The van der Waals surface area contributed by atoms with Crippen molar-refractivity contribution in [2.75, 3.05) is 7.05 Å². The molecule has 0 fully saturated rings. The van der Waals surface area contributed by atoms with Gasteiger partial charge < -0.3 is 5.73 Å². The number of halogens is 1. The van der Waals surface area contributed by atoms with E-state index in [0.717, 1.165) is 17.1 Å². The van der Waals surface area contributed by atoms with Gasteiger partial charge in [-0.3, -0.25) is 9.88 Å². The summed E-state index contributed by atoms with van der Waals surface area (Å²) in [6, 6.07) is 12.1. The summed E-state index contributed by atoms with van der Waals surface area (Å²) < 4.78 is 0. The largest absolute Gasteiger partial charge is 0.326 e. The molecule has 2 aromatic rings. The molecule has 106 valence electrons. The molecule has 1 aromatic carbocycles. The van der Waals surface area contributed by atoms with E-state index in [1.807, 2.05) is 37.4 Å². The van der Waals surface area contributed by atoms with Gasteiger partial charge in [0.1, 0.15) is 0 Å². The van der Waals surface area contributed by atoms with Gasteiger partial charge in [-0.2, -0.15) is 0 Å². The Bertz CT molecular complexity index is 542. The molecular formula is C16H20ClN3. The monoisotopic (exact) mass is 289 g/mol. The van der Waals surface area contributed by atoms with Crippen molar-refractivity contribution in [1.29, 1.82) is 0 Å². The molecule has 20 heavy (non-hydrogen) atoms. The lowest BCUT2D eigenvalue weighted by molar-refractivity contribution is 0.210. The molecular weight excluding hydrogens is 270 g/mol. The van der Waals surface area contributed by atoms with Gasteiger partial charge in [-0.05, 0) is 43.3 Å². The lowest BCUT2D eigenvalue weighted by atomic mass is 10.0. The highest BCUT2D eigenvalue weighted by atomic mass is 35.5. The average molecular weight is 290 g/mol. The third kappa shape index (κ3) is 3.79. The first-order valence-corrected chi connectivity index (χ1v) is 7.06. The van der Waals surface area contributed by atoms with Crippen LogP contribution in [0.4, 0.5) is 0 Å². The van der Waals surface area contributed by atoms with E-state index < -0.39 is 0 Å². The van der Waals surface area contributed by atoms with Crippen molar-refractivity contribution in [3.63, 3.8) is 0 Å². The third-order valence-electron chi connectivity index (χ3n) is 3.32. The summed E-state index contributed by atoms with van der Waals surface area (Å²) in [5.41, 5.74) is 8.46. The van der Waals surface area contributed by atoms with Crippen molar-refractivity contribution in [1.82, 2.24) is 9.88 Å². The van der Waals surface area contributed by atoms with Crippen molar-refractivity contribution < 1.29 is 0 Å². The SMILES string of the molecule is CC(N)C(c1cccnc1)N(C)Cc1cccc(Cl)c1. The van der Waals surface area contributed by atoms with Gasteiger partial charge in [0.25, 0.3) is 0 Å². The van der Waals surface area contributed by atoms with E-state index in [0.29, 0.717) is 0 Å². The summed E-state index contributed by atoms with van der Waals surface area (Å²) in [5, 5.41) is 0.759. The summed E-state index contributed by atoms with van der Waals surface area (Å²) in [4.78, 5) is 6.42. The van der Waals surface area contributed by atoms with Crippen molar-refractivity contribution in [3.8, 4) is 0 Å². The van der Waals surface area contributed by atoms with E-state index in [1.54, 1.807) is 6.20 Å². The Morgan fingerprint density at radius 3 is 2.70 bits per heavy atom. The van der Waals surface area contributed by atoms with Crippen LogP contribution in [0.1, 0.15) is 24.1 Å². The van der Waals surface area contributed by atoms with Crippen LogP contribution in [-0.4, -0.2) is 23.0 Å². The topological polar surface area (TPSA) is 42.1 Å². The number of benzene rings is 1. The molecule has 1 aromatic heterocycles. The molecule has 1 heterocycles. The number of aromatic nitrogens is 1. The van der Waals surface area contributed by atoms with E-state index in [9.17, 15) is 0 Å². The molecule has 2 unspecified atom stereocenters. The molecule has 0 bridgehead atoms. The molecule has 0 aliphatic heterocycles. The molecule has 0 aliphatic carbocycles. The van der Waals surface area contributed by atoms with Crippen LogP contribution in [0.5, 0.6) is 0 Å². The molecule has 4 heteroatoms. The van der Waals surface area contributed by atoms with Crippen LogP contribution in [0.3, 0.4) is 0 Å². The normalized spacial score (nSPS) is 14.2. The second-order valence-electron chi connectivity index (χ2n) is 5.14. The molecule has 0 spiro atoms. The summed E-state index contributed by atoms with van der Waals surface area (Å²) in [6.07, 6.45) is 3.65. The lowest BCUT2D eigenvalue weighted by Gasteiger charge is -2.31. The number of rotatable bonds is 5. The molecule has 2 N–H and O–H groups in total. The summed E-state index contributed by atoms with van der Waals surface area (Å²) >= 11 is 6.03. The molecule has 0 radical (unpaired) electrons. The second-order valence-corrected chi connectivity index (χ2v) is 5.57. The molecule has 0 aliphatic rings. The van der Waals surface area contributed by atoms with Crippen LogP contribution in [0, 0.1) is 0 Å². The summed E-state index contributed by atoms with van der Waals surface area (Å²) in [5.74, 6) is 0. The van der Waals surface area contributed by atoms with Crippen molar-refractivity contribution in [2.45, 2.75) is 25.6 Å². The van der Waals surface area contributed by atoms with Crippen LogP contribution in [0.2, 0.25) is 5.02 Å². The highest BCUT2D eigenvalue weighted by Crippen LogP contribution is 2.23. The minimum Gasteiger partial charge on any atom is -0.326 e. The van der Waals surface area contributed by atoms with E-state index in [1.165, 1.54) is 5.56 Å². The summed E-state index contributed by atoms with van der Waals surface area (Å²) in [6.45, 7) is 2.81. The first kappa shape index (κ1) is 15.0. The van der Waals surface area contributed by atoms with Crippen molar-refractivity contribution >= 4 is 11.6 Å². The molecule has 0 saturated carbocycles. The molecule has 2 rings (SSSR count). The summed E-state index contributed by atoms with van der Waals surface area (Å²) in [7, 11) is 2.07. The Kier molecular flexibility index (Phi) is 5.12. The van der Waals surface area contributed by atoms with Gasteiger partial charge in [-0.15, -0.1) is 0 Å². The quantitative estimate of drug-likeness (QED) is 0.919. The first-order valence-electron chi connectivity index (χ1n) is 6.68. The number of nitrogens with zero attached hydrogens (tertiary/aromatic N) is 2. The van der Waals surface area contributed by atoms with Gasteiger partial charge in [-0.1, -0.05) is 29.8 Å². The second kappa shape index (κ2) is 6.84. The van der Waals surface area contributed by atoms with Gasteiger partial charge >= 0.3 is 0 Å². The number of hydrogen-bond acceptors (Lipinski definition) is 3. The zero-order chi connectivity index (χ0) is 14.5. The van der Waals surface area contributed by atoms with Crippen molar-refractivity contribution in [3.05, 3.63) is 64.9 Å². The Balaban J connectivity index is 2.18. The third-order valence-corrected chi connectivity index (χ3v) is 3.55. The van der Waals surface area contributed by atoms with Crippen LogP contribution in [0.25, 0.3) is 0 Å². The van der Waals surface area contributed by atoms with Crippen LogP contribution in [0.15, 0.2) is 48.8 Å². The maximum Gasteiger partial charge on any atom is 0.0512 e. The number of hydrogen-bond donors (Lipinski definition) is 1. The maximum absolute atomic E-state index is 6.16. The predicted octanol–water partition coefficient (Wildman–Crippen LogP) is 3.26. The van der Waals surface area contributed by atoms with E-state index in [2.05, 4.69) is 29.1 Å². The zero-order valence-electron chi connectivity index (χ0n) is 11.8. The Hall–Kier alpha value is -1.42. The average Bonchev–Trinajstić information content (AvgIpc) is 2.39. The van der Waals surface area contributed by atoms with Gasteiger partial charge in [0.2, 0.25) is 0 Å². The van der Waals surface area contributed by atoms with Gasteiger partial charge in [0.05, 0.1) is 6.04 Å². The predicted molar refractivity (Wildman–Crippen MR) is 83.5 cm³/mol. The minimum atomic E-state index is 0.0170. The molecule has 3 nitrogen and oxygen atoms in total. The molecule has 0 saturated heterocycles. The van der Waals surface area contributed by atoms with Crippen LogP contribution >= 0.6 is 11.6 Å². The fourth-order valence-electron chi connectivity index (χ4n) is 2.53. The van der Waals surface area contributed by atoms with Crippen LogP contribution < -0.4 is 5.73 Å². The fourth-order valence-corrected chi connectivity index (χ4v) is 2.74. The van der Waals surface area contributed by atoms with E-state index >= 15 is 0 Å². The highest BCUT2D eigenvalue weighted by molar-refractivity contribution is 6.30. The number of nitrogens with two attached hydrogens (primary N) is 1. The standard InChI is InChI=1S/C16H20ClN3/c1-12(18)16(14-6-4-8-19-10-14)20(2)11-13-5-3-7-15(17)9-13/h3-10,12,16H,11,18H2,1-2H3. The molecule has 0 amide bonds. The number of likely N-dealkylation sites (N-methyl/N-ethyl adjacent to an activating group) is 1. The van der Waals surface area contributed by atoms with Gasteiger partial charge in [-0.25, -0.2) is 0 Å². The lowest BCUT2D eigenvalue weighted by Crippen LogP contribution is -2.37. The first-order chi connectivity index (χ1) is 9.58. The Morgan fingerprint density at radius 1 is 1.30 bits per heavy atom. The fraction of sp³-hybridized carbons (Fsp3) is 0.312. The van der Waals surface area contributed by atoms with Crippen LogP contribution in [-0.2, 0) is 6.54 Å². The van der Waals surface area contributed by atoms with E-state index in [4.69, 9.17) is 17.3 Å². The zero-order valence-corrected chi connectivity index (χ0v) is 12.6. The van der Waals surface area contributed by atoms with Gasteiger partial charge in [0.15, 0.2) is 0 Å². The van der Waals surface area contributed by atoms with Crippen molar-refractivity contribution in [2.24, 2.45) is 5.73 Å². The maximum atomic E-state index is 6.16. The number of pyridine rings is 1. The van der Waals surface area contributed by atoms with Gasteiger partial charge in [0, 0.05) is 30.0 Å². The Labute approximate surface area is 125 Å². The Morgan fingerprint density at radius 2 is 2.10 bits per heavy atom. The smallest absolute Gasteiger partial charge is 0.0512 e. The highest BCUT2D eigenvalue weighted by Gasteiger charge is 2.21.